The smallest absolute Gasteiger partial charge is 0.119 e. The van der Waals surface area contributed by atoms with Crippen molar-refractivity contribution in [1.29, 1.82) is 0 Å². The minimum atomic E-state index is -1.80. The lowest BCUT2D eigenvalue weighted by Crippen LogP contribution is -2.58. The predicted molar refractivity (Wildman–Crippen MR) is 324 cm³/mol. The second kappa shape index (κ2) is 17.4. The Balaban J connectivity index is 0.784. The first kappa shape index (κ1) is 45.5. The molecule has 77 heavy (non-hydrogen) atoms. The molecule has 0 saturated carbocycles. The predicted octanol–water partition coefficient (Wildman–Crippen LogP) is 16.8. The highest BCUT2D eigenvalue weighted by molar-refractivity contribution is 6.99. The molecule has 2 atom stereocenters. The van der Waals surface area contributed by atoms with Crippen molar-refractivity contribution >= 4 is 48.0 Å². The summed E-state index contributed by atoms with van der Waals surface area (Å²) < 4.78 is 0. The first-order valence-corrected chi connectivity index (χ1v) is 31.3. The Morgan fingerprint density at radius 1 is 0.558 bits per heavy atom. The van der Waals surface area contributed by atoms with Crippen LogP contribution in [0, 0.1) is 5.92 Å². The molecular weight excluding hydrogens is 945 g/mol. The van der Waals surface area contributed by atoms with E-state index in [1.807, 2.05) is 5.20 Å². The lowest BCUT2D eigenvalue weighted by atomic mass is 9.67. The molecule has 0 aromatic heterocycles. The van der Waals surface area contributed by atoms with Crippen LogP contribution >= 0.6 is 0 Å². The van der Waals surface area contributed by atoms with Gasteiger partial charge in [-0.3, -0.25) is 0 Å². The molecule has 8 aliphatic rings. The first-order chi connectivity index (χ1) is 38.0. The number of fused-ring (bicyclic) bond motifs is 12. The van der Waals surface area contributed by atoms with E-state index >= 15 is 0 Å². The molecular formula is C74H64N2Si. The normalized spacial score (nSPS) is 21.3. The molecule has 0 bridgehead atoms. The van der Waals surface area contributed by atoms with Gasteiger partial charge in [-0.05, 0) is 187 Å². The number of para-hydroxylation sites is 2. The zero-order valence-corrected chi connectivity index (χ0v) is 45.2. The van der Waals surface area contributed by atoms with E-state index < -0.39 is 13.5 Å². The van der Waals surface area contributed by atoms with Gasteiger partial charge in [-0.2, -0.15) is 0 Å². The molecule has 3 aliphatic heterocycles. The van der Waals surface area contributed by atoms with E-state index in [0.29, 0.717) is 5.92 Å². The largest absolute Gasteiger partial charge is 0.341 e. The molecule has 374 valence electrons. The number of hydrogen-bond acceptors (Lipinski definition) is 2. The zero-order chi connectivity index (χ0) is 50.9. The highest BCUT2D eigenvalue weighted by Gasteiger charge is 2.54. The van der Waals surface area contributed by atoms with Crippen molar-refractivity contribution in [2.24, 2.45) is 5.92 Å². The quantitative estimate of drug-likeness (QED) is 0.121. The summed E-state index contributed by atoms with van der Waals surface area (Å²) in [6, 6.07) is 75.8. The van der Waals surface area contributed by atoms with Gasteiger partial charge >= 0.3 is 0 Å². The van der Waals surface area contributed by atoms with Gasteiger partial charge < -0.3 is 9.80 Å². The molecule has 8 aromatic rings. The van der Waals surface area contributed by atoms with Crippen molar-refractivity contribution in [1.82, 2.24) is 0 Å². The van der Waals surface area contributed by atoms with Crippen LogP contribution in [0.15, 0.2) is 229 Å². The molecule has 0 N–H and O–H groups in total. The van der Waals surface area contributed by atoms with Crippen LogP contribution in [0.5, 0.6) is 0 Å². The molecule has 0 radical (unpaired) electrons. The minimum Gasteiger partial charge on any atom is -0.341 e. The first-order valence-electron chi connectivity index (χ1n) is 28.9. The second-order valence-corrected chi connectivity index (χ2v) is 28.0. The van der Waals surface area contributed by atoms with Crippen LogP contribution in [-0.2, 0) is 30.1 Å². The number of allylic oxidation sites excluding steroid dienone is 5. The fourth-order valence-electron chi connectivity index (χ4n) is 16.8. The Morgan fingerprint density at radius 3 is 1.90 bits per heavy atom. The average Bonchev–Trinajstić information content (AvgIpc) is 4.26. The van der Waals surface area contributed by atoms with Crippen molar-refractivity contribution in [3.05, 3.63) is 290 Å². The molecule has 5 aliphatic carbocycles. The summed E-state index contributed by atoms with van der Waals surface area (Å²) in [5.41, 5.74) is 26.0. The lowest BCUT2D eigenvalue weighted by Gasteiger charge is -2.49. The number of rotatable bonds is 6. The topological polar surface area (TPSA) is 6.48 Å². The standard InChI is InChI=1S/C74H64N2Si/c1-50-18-16-29-70-72(50)77(42-14-15-43-77)71-30-13-12-28-69(71)76(70)59-36-40-61-60-37-33-51(44-64(60)73(65(61)47-59)48-54-20-8-9-21-55(54)49-73)31-32-52-34-38-62-63-39-35-58(75-41-17-22-53-19-10-11-27-68(53)75)46-67(63)74(66(62)45-52,56-23-4-2-5-24-56)57-25-6-3-7-26-57/h2-13,16,19-21,23-40,44-46,50,59H,14-15,17-18,22,41-43,47-49H2,1H3. The maximum Gasteiger partial charge on any atom is 0.119 e. The summed E-state index contributed by atoms with van der Waals surface area (Å²) in [5, 5.41) is 3.57. The Kier molecular flexibility index (Phi) is 10.3. The van der Waals surface area contributed by atoms with E-state index in [0.717, 1.165) is 38.6 Å². The molecule has 16 rings (SSSR count). The summed E-state index contributed by atoms with van der Waals surface area (Å²) in [7, 11) is -1.80. The maximum atomic E-state index is 2.83. The third-order valence-electron chi connectivity index (χ3n) is 20.0. The van der Waals surface area contributed by atoms with Crippen LogP contribution in [0.1, 0.15) is 100 Å². The van der Waals surface area contributed by atoms with Gasteiger partial charge in [-0.1, -0.05) is 208 Å². The summed E-state index contributed by atoms with van der Waals surface area (Å²) in [6.45, 7) is 3.55. The average molecular weight is 1010 g/mol. The zero-order valence-electron chi connectivity index (χ0n) is 44.2. The molecule has 3 heterocycles. The Bertz CT molecular complexity index is 3830. The van der Waals surface area contributed by atoms with Crippen LogP contribution in [0.4, 0.5) is 17.1 Å². The van der Waals surface area contributed by atoms with Gasteiger partial charge in [0.05, 0.1) is 11.5 Å². The summed E-state index contributed by atoms with van der Waals surface area (Å²) in [6.07, 6.45) is 24.3. The number of hydrogen-bond donors (Lipinski definition) is 0. The number of aryl methyl sites for hydroxylation is 1. The molecule has 1 saturated heterocycles. The molecule has 2 spiro atoms. The second-order valence-electron chi connectivity index (χ2n) is 23.8. The van der Waals surface area contributed by atoms with Crippen LogP contribution in [0.3, 0.4) is 0 Å². The van der Waals surface area contributed by atoms with Crippen molar-refractivity contribution in [2.45, 2.75) is 87.3 Å². The van der Waals surface area contributed by atoms with Gasteiger partial charge in [0.25, 0.3) is 0 Å². The van der Waals surface area contributed by atoms with Gasteiger partial charge in [0.15, 0.2) is 0 Å². The van der Waals surface area contributed by atoms with Gasteiger partial charge in [0.1, 0.15) is 8.07 Å². The Morgan fingerprint density at radius 2 is 1.17 bits per heavy atom. The van der Waals surface area contributed by atoms with Crippen molar-refractivity contribution < 1.29 is 0 Å². The van der Waals surface area contributed by atoms with Crippen molar-refractivity contribution in [3.8, 4) is 11.1 Å². The van der Waals surface area contributed by atoms with E-state index in [-0.39, 0.29) is 11.5 Å². The molecule has 3 heteroatoms. The summed E-state index contributed by atoms with van der Waals surface area (Å²) >= 11 is 0. The van der Waals surface area contributed by atoms with E-state index in [9.17, 15) is 0 Å². The molecule has 8 aromatic carbocycles. The van der Waals surface area contributed by atoms with E-state index in [1.54, 1.807) is 16.5 Å². The molecule has 1 fully saturated rings. The van der Waals surface area contributed by atoms with Crippen molar-refractivity contribution in [2.75, 3.05) is 16.3 Å². The Labute approximate surface area is 456 Å². The SMILES string of the molecule is CC1CC=CC2=C1[Si]1(CCCC1)c1ccccc1N2C1C=CC2=C(C1)C1(Cc3ccccc3C1)c1cc(C=Cc3ccc4c(c3)C(c3ccccc3)(c3ccccc3)c3cc(N5CCCc6ccccc65)ccc3-4)ccc12. The highest BCUT2D eigenvalue weighted by atomic mass is 28.3. The fraction of sp³-hybridized carbons (Fsp3) is 0.216. The molecule has 0 amide bonds. The highest BCUT2D eigenvalue weighted by Crippen LogP contribution is 2.60. The van der Waals surface area contributed by atoms with Crippen LogP contribution in [0.2, 0.25) is 12.1 Å². The van der Waals surface area contributed by atoms with Gasteiger partial charge in [0.2, 0.25) is 0 Å². The number of nitrogens with zero attached hydrogens (tertiary/aromatic N) is 2. The van der Waals surface area contributed by atoms with Crippen LogP contribution < -0.4 is 15.0 Å². The molecule has 2 unspecified atom stereocenters. The third-order valence-corrected chi connectivity index (χ3v) is 25.6. The lowest BCUT2D eigenvalue weighted by molar-refractivity contribution is 0.512. The fourth-order valence-corrected chi connectivity index (χ4v) is 23.0. The summed E-state index contributed by atoms with van der Waals surface area (Å²) in [4.78, 5) is 5.39. The van der Waals surface area contributed by atoms with Gasteiger partial charge in [-0.15, -0.1) is 0 Å². The van der Waals surface area contributed by atoms with Gasteiger partial charge in [0, 0.05) is 34.7 Å². The third kappa shape index (κ3) is 6.59. The van der Waals surface area contributed by atoms with Crippen LogP contribution in [0.25, 0.3) is 28.9 Å². The van der Waals surface area contributed by atoms with E-state index in [4.69, 9.17) is 0 Å². The van der Waals surface area contributed by atoms with Crippen molar-refractivity contribution in [3.63, 3.8) is 0 Å². The molecule has 2 nitrogen and oxygen atoms in total. The Hall–Kier alpha value is -7.72. The maximum absolute atomic E-state index is 2.83. The van der Waals surface area contributed by atoms with E-state index in [1.165, 1.54) is 126 Å². The van der Waals surface area contributed by atoms with E-state index in [2.05, 4.69) is 241 Å². The number of benzene rings is 8. The minimum absolute atomic E-state index is 0.0791. The van der Waals surface area contributed by atoms with Crippen LogP contribution in [-0.4, -0.2) is 20.7 Å². The number of anilines is 3. The summed E-state index contributed by atoms with van der Waals surface area (Å²) in [5.74, 6) is 0.607. The monoisotopic (exact) mass is 1010 g/mol. The van der Waals surface area contributed by atoms with Gasteiger partial charge in [-0.25, -0.2) is 0 Å².